The van der Waals surface area contributed by atoms with E-state index < -0.39 is 0 Å². The van der Waals surface area contributed by atoms with Gasteiger partial charge in [-0.15, -0.1) is 0 Å². The van der Waals surface area contributed by atoms with Gasteiger partial charge in [-0.3, -0.25) is 4.79 Å². The topological polar surface area (TPSA) is 47.6 Å². The molecule has 1 aromatic carbocycles. The number of methoxy groups -OCH3 is 1. The molecule has 1 aromatic rings. The highest BCUT2D eigenvalue weighted by Crippen LogP contribution is 2.35. The summed E-state index contributed by atoms with van der Waals surface area (Å²) in [6.07, 6.45) is 2.73. The second-order valence-electron chi connectivity index (χ2n) is 4.23. The molecule has 0 bridgehead atoms. The molecule has 1 fully saturated rings. The SMILES string of the molecule is CCCOc1c(I)cc(/C=C2/SC(=S)NC2=O)cc1OC. The number of rotatable bonds is 5. The van der Waals surface area contributed by atoms with E-state index in [1.807, 2.05) is 12.1 Å². The summed E-state index contributed by atoms with van der Waals surface area (Å²) in [6, 6.07) is 3.81. The number of benzene rings is 1. The Morgan fingerprint density at radius 1 is 1.48 bits per heavy atom. The van der Waals surface area contributed by atoms with Crippen LogP contribution >= 0.6 is 46.6 Å². The van der Waals surface area contributed by atoms with Gasteiger partial charge in [-0.05, 0) is 52.8 Å². The Bertz CT molecular complexity index is 616. The van der Waals surface area contributed by atoms with Crippen LogP contribution in [0.3, 0.4) is 0 Å². The highest BCUT2D eigenvalue weighted by Gasteiger charge is 2.22. The molecule has 0 unspecified atom stereocenters. The molecular weight excluding hydrogens is 421 g/mol. The average molecular weight is 435 g/mol. The predicted octanol–water partition coefficient (Wildman–Crippen LogP) is 3.58. The van der Waals surface area contributed by atoms with Crippen molar-refractivity contribution in [2.75, 3.05) is 13.7 Å². The minimum Gasteiger partial charge on any atom is -0.493 e. The zero-order valence-corrected chi connectivity index (χ0v) is 15.4. The van der Waals surface area contributed by atoms with Crippen molar-refractivity contribution in [1.82, 2.24) is 5.32 Å². The van der Waals surface area contributed by atoms with Gasteiger partial charge in [-0.1, -0.05) is 30.9 Å². The third-order valence-corrected chi connectivity index (χ3v) is 4.61. The van der Waals surface area contributed by atoms with Crippen LogP contribution in [0.1, 0.15) is 18.9 Å². The molecule has 1 saturated heterocycles. The van der Waals surface area contributed by atoms with E-state index in [1.165, 1.54) is 11.8 Å². The first kappa shape index (κ1) is 16.6. The first-order chi connectivity index (χ1) is 10.0. The van der Waals surface area contributed by atoms with Gasteiger partial charge in [0.25, 0.3) is 5.91 Å². The van der Waals surface area contributed by atoms with Crippen LogP contribution in [0.2, 0.25) is 0 Å². The number of thiocarbonyl (C=S) groups is 1. The highest BCUT2D eigenvalue weighted by molar-refractivity contribution is 14.1. The van der Waals surface area contributed by atoms with Crippen molar-refractivity contribution in [3.8, 4) is 11.5 Å². The van der Waals surface area contributed by atoms with E-state index in [9.17, 15) is 4.79 Å². The van der Waals surface area contributed by atoms with Crippen molar-refractivity contribution >= 4 is 62.9 Å². The van der Waals surface area contributed by atoms with E-state index in [1.54, 1.807) is 13.2 Å². The van der Waals surface area contributed by atoms with Crippen molar-refractivity contribution in [3.05, 3.63) is 26.2 Å². The Hall–Kier alpha value is -0.800. The summed E-state index contributed by atoms with van der Waals surface area (Å²) in [5.41, 5.74) is 0.877. The molecule has 1 N–H and O–H groups in total. The molecule has 4 nitrogen and oxygen atoms in total. The summed E-state index contributed by atoms with van der Waals surface area (Å²) in [6.45, 7) is 2.69. The van der Waals surface area contributed by atoms with Crippen molar-refractivity contribution in [2.24, 2.45) is 0 Å². The number of amides is 1. The number of carbonyl (C=O) groups excluding carboxylic acids is 1. The number of carbonyl (C=O) groups is 1. The Morgan fingerprint density at radius 2 is 2.24 bits per heavy atom. The zero-order valence-electron chi connectivity index (χ0n) is 11.6. The summed E-state index contributed by atoms with van der Waals surface area (Å²) in [5.74, 6) is 1.24. The Morgan fingerprint density at radius 3 is 2.81 bits per heavy atom. The van der Waals surface area contributed by atoms with Crippen LogP contribution < -0.4 is 14.8 Å². The molecule has 0 saturated carbocycles. The molecule has 21 heavy (non-hydrogen) atoms. The van der Waals surface area contributed by atoms with Crippen LogP contribution in [0.4, 0.5) is 0 Å². The van der Waals surface area contributed by atoms with E-state index >= 15 is 0 Å². The third-order valence-electron chi connectivity index (χ3n) is 2.64. The molecule has 0 aromatic heterocycles. The molecule has 0 spiro atoms. The molecule has 1 amide bonds. The van der Waals surface area contributed by atoms with Gasteiger partial charge in [-0.2, -0.15) is 0 Å². The molecule has 2 rings (SSSR count). The van der Waals surface area contributed by atoms with Crippen molar-refractivity contribution < 1.29 is 14.3 Å². The van der Waals surface area contributed by atoms with E-state index in [4.69, 9.17) is 21.7 Å². The summed E-state index contributed by atoms with van der Waals surface area (Å²) in [7, 11) is 1.60. The van der Waals surface area contributed by atoms with Gasteiger partial charge in [-0.25, -0.2) is 0 Å². The maximum Gasteiger partial charge on any atom is 0.263 e. The molecule has 1 aliphatic heterocycles. The van der Waals surface area contributed by atoms with Gasteiger partial charge in [0.15, 0.2) is 11.5 Å². The van der Waals surface area contributed by atoms with Gasteiger partial charge in [0.2, 0.25) is 0 Å². The number of thioether (sulfide) groups is 1. The maximum absolute atomic E-state index is 11.7. The zero-order chi connectivity index (χ0) is 15.4. The van der Waals surface area contributed by atoms with Crippen LogP contribution in [0, 0.1) is 3.57 Å². The number of hydrogen-bond acceptors (Lipinski definition) is 5. The van der Waals surface area contributed by atoms with E-state index in [-0.39, 0.29) is 5.91 Å². The fourth-order valence-corrected chi connectivity index (χ4v) is 3.57. The summed E-state index contributed by atoms with van der Waals surface area (Å²) >= 11 is 8.44. The molecular formula is C14H14INO3S2. The summed E-state index contributed by atoms with van der Waals surface area (Å²) < 4.78 is 12.5. The molecule has 0 aliphatic carbocycles. The van der Waals surface area contributed by atoms with Gasteiger partial charge < -0.3 is 14.8 Å². The van der Waals surface area contributed by atoms with Gasteiger partial charge in [0.1, 0.15) is 4.32 Å². The lowest BCUT2D eigenvalue weighted by Gasteiger charge is -2.13. The number of halogens is 1. The fraction of sp³-hybridized carbons (Fsp3) is 0.286. The van der Waals surface area contributed by atoms with E-state index in [2.05, 4.69) is 34.8 Å². The fourth-order valence-electron chi connectivity index (χ4n) is 1.74. The van der Waals surface area contributed by atoms with Crippen LogP contribution in [0.25, 0.3) is 6.08 Å². The molecule has 1 heterocycles. The smallest absolute Gasteiger partial charge is 0.263 e. The normalized spacial score (nSPS) is 16.2. The minimum atomic E-state index is -0.162. The quantitative estimate of drug-likeness (QED) is 0.436. The van der Waals surface area contributed by atoms with Crippen LogP contribution in [-0.2, 0) is 4.79 Å². The summed E-state index contributed by atoms with van der Waals surface area (Å²) in [5, 5.41) is 2.60. The van der Waals surface area contributed by atoms with Crippen molar-refractivity contribution in [2.45, 2.75) is 13.3 Å². The van der Waals surface area contributed by atoms with Crippen molar-refractivity contribution in [3.63, 3.8) is 0 Å². The second-order valence-corrected chi connectivity index (χ2v) is 7.12. The van der Waals surface area contributed by atoms with Gasteiger partial charge >= 0.3 is 0 Å². The predicted molar refractivity (Wildman–Crippen MR) is 97.8 cm³/mol. The van der Waals surface area contributed by atoms with Crippen LogP contribution in [0.5, 0.6) is 11.5 Å². The number of hydrogen-bond donors (Lipinski definition) is 1. The lowest BCUT2D eigenvalue weighted by molar-refractivity contribution is -0.115. The summed E-state index contributed by atoms with van der Waals surface area (Å²) in [4.78, 5) is 12.3. The third kappa shape index (κ3) is 4.10. The Kier molecular flexibility index (Phi) is 5.88. The molecule has 7 heteroatoms. The van der Waals surface area contributed by atoms with E-state index in [0.717, 1.165) is 21.3 Å². The highest BCUT2D eigenvalue weighted by atomic mass is 127. The lowest BCUT2D eigenvalue weighted by Crippen LogP contribution is -2.17. The first-order valence-corrected chi connectivity index (χ1v) is 8.60. The largest absolute Gasteiger partial charge is 0.493 e. The lowest BCUT2D eigenvalue weighted by atomic mass is 10.2. The minimum absolute atomic E-state index is 0.162. The second kappa shape index (κ2) is 7.46. The van der Waals surface area contributed by atoms with Crippen molar-refractivity contribution in [1.29, 1.82) is 0 Å². The Labute approximate surface area is 146 Å². The number of nitrogens with one attached hydrogen (secondary N) is 1. The van der Waals surface area contributed by atoms with Crippen LogP contribution in [0.15, 0.2) is 17.0 Å². The molecule has 0 atom stereocenters. The Balaban J connectivity index is 2.34. The molecule has 1 aliphatic rings. The maximum atomic E-state index is 11.7. The monoisotopic (exact) mass is 435 g/mol. The average Bonchev–Trinajstić information content (AvgIpc) is 2.75. The van der Waals surface area contributed by atoms with Gasteiger partial charge in [0, 0.05) is 0 Å². The van der Waals surface area contributed by atoms with Crippen LogP contribution in [-0.4, -0.2) is 23.9 Å². The standard InChI is InChI=1S/C14H14INO3S2/c1-3-4-19-12-9(15)5-8(6-10(12)18-2)7-11-13(17)16-14(20)21-11/h5-7H,3-4H2,1-2H3,(H,16,17,20)/b11-7+. The van der Waals surface area contributed by atoms with Gasteiger partial charge in [0.05, 0.1) is 22.2 Å². The molecule has 112 valence electrons. The number of ether oxygens (including phenoxy) is 2. The van der Waals surface area contributed by atoms with E-state index in [0.29, 0.717) is 21.6 Å². The molecule has 0 radical (unpaired) electrons. The first-order valence-electron chi connectivity index (χ1n) is 6.30.